The number of benzene rings is 2. The van der Waals surface area contributed by atoms with Crippen molar-refractivity contribution in [2.45, 2.75) is 24.1 Å². The molecule has 2 aromatic rings. The Bertz CT molecular complexity index is 540. The molecule has 0 aromatic heterocycles. The fourth-order valence-corrected chi connectivity index (χ4v) is 2.98. The molecule has 0 bridgehead atoms. The summed E-state index contributed by atoms with van der Waals surface area (Å²) in [6.07, 6.45) is 0. The summed E-state index contributed by atoms with van der Waals surface area (Å²) in [4.78, 5) is 1.11. The van der Waals surface area contributed by atoms with Crippen molar-refractivity contribution in [3.63, 3.8) is 0 Å². The summed E-state index contributed by atoms with van der Waals surface area (Å²) < 4.78 is 0. The SMILES string of the molecule is Cc1cccc(CSc2ccc(CN)cc2Cl)c1. The Labute approximate surface area is 117 Å². The molecule has 0 atom stereocenters. The molecule has 0 saturated heterocycles. The molecule has 94 valence electrons. The summed E-state index contributed by atoms with van der Waals surface area (Å²) in [7, 11) is 0. The molecule has 0 aliphatic heterocycles. The van der Waals surface area contributed by atoms with Gasteiger partial charge < -0.3 is 5.73 Å². The normalized spacial score (nSPS) is 10.6. The molecule has 0 heterocycles. The first kappa shape index (κ1) is 13.5. The first-order chi connectivity index (χ1) is 8.69. The van der Waals surface area contributed by atoms with E-state index in [1.54, 1.807) is 11.8 Å². The number of rotatable bonds is 4. The average Bonchev–Trinajstić information content (AvgIpc) is 2.37. The van der Waals surface area contributed by atoms with Crippen molar-refractivity contribution in [2.75, 3.05) is 0 Å². The maximum atomic E-state index is 6.23. The van der Waals surface area contributed by atoms with Gasteiger partial charge in [-0.2, -0.15) is 0 Å². The lowest BCUT2D eigenvalue weighted by Gasteiger charge is -2.06. The fraction of sp³-hybridized carbons (Fsp3) is 0.200. The highest BCUT2D eigenvalue weighted by molar-refractivity contribution is 7.98. The van der Waals surface area contributed by atoms with Crippen LogP contribution >= 0.6 is 23.4 Å². The Balaban J connectivity index is 2.06. The molecule has 18 heavy (non-hydrogen) atoms. The number of thioether (sulfide) groups is 1. The molecule has 2 N–H and O–H groups in total. The van der Waals surface area contributed by atoms with E-state index in [1.807, 2.05) is 18.2 Å². The summed E-state index contributed by atoms with van der Waals surface area (Å²) in [6.45, 7) is 2.64. The third kappa shape index (κ3) is 3.52. The van der Waals surface area contributed by atoms with Gasteiger partial charge in [0.2, 0.25) is 0 Å². The van der Waals surface area contributed by atoms with E-state index >= 15 is 0 Å². The number of halogens is 1. The van der Waals surface area contributed by atoms with Crippen LogP contribution < -0.4 is 5.73 Å². The van der Waals surface area contributed by atoms with E-state index in [9.17, 15) is 0 Å². The first-order valence-corrected chi connectivity index (χ1v) is 7.22. The van der Waals surface area contributed by atoms with Crippen LogP contribution in [0, 0.1) is 6.92 Å². The molecule has 0 aliphatic carbocycles. The summed E-state index contributed by atoms with van der Waals surface area (Å²) in [5.74, 6) is 0.934. The van der Waals surface area contributed by atoms with Gasteiger partial charge >= 0.3 is 0 Å². The van der Waals surface area contributed by atoms with E-state index in [2.05, 4.69) is 31.2 Å². The van der Waals surface area contributed by atoms with Gasteiger partial charge in [0.15, 0.2) is 0 Å². The predicted octanol–water partition coefficient (Wildman–Crippen LogP) is 4.40. The summed E-state index contributed by atoms with van der Waals surface area (Å²) in [6, 6.07) is 14.6. The highest BCUT2D eigenvalue weighted by Crippen LogP contribution is 2.30. The van der Waals surface area contributed by atoms with Crippen molar-refractivity contribution in [1.82, 2.24) is 0 Å². The van der Waals surface area contributed by atoms with E-state index in [1.165, 1.54) is 11.1 Å². The van der Waals surface area contributed by atoms with Crippen LogP contribution in [0.3, 0.4) is 0 Å². The van der Waals surface area contributed by atoms with Gasteiger partial charge in [0.25, 0.3) is 0 Å². The van der Waals surface area contributed by atoms with Crippen LogP contribution in [0.25, 0.3) is 0 Å². The first-order valence-electron chi connectivity index (χ1n) is 5.86. The smallest absolute Gasteiger partial charge is 0.0545 e. The zero-order valence-corrected chi connectivity index (χ0v) is 11.9. The van der Waals surface area contributed by atoms with E-state index in [4.69, 9.17) is 17.3 Å². The van der Waals surface area contributed by atoms with Crippen LogP contribution in [0.1, 0.15) is 16.7 Å². The molecule has 3 heteroatoms. The predicted molar refractivity (Wildman–Crippen MR) is 80.1 cm³/mol. The van der Waals surface area contributed by atoms with Crippen molar-refractivity contribution in [3.05, 3.63) is 64.2 Å². The highest BCUT2D eigenvalue weighted by atomic mass is 35.5. The molecule has 0 spiro atoms. The molecule has 1 nitrogen and oxygen atoms in total. The molecular weight excluding hydrogens is 262 g/mol. The molecule has 0 unspecified atom stereocenters. The summed E-state index contributed by atoms with van der Waals surface area (Å²) >= 11 is 7.98. The van der Waals surface area contributed by atoms with Gasteiger partial charge in [-0.15, -0.1) is 11.8 Å². The van der Waals surface area contributed by atoms with Crippen LogP contribution in [0.4, 0.5) is 0 Å². The van der Waals surface area contributed by atoms with Gasteiger partial charge in [-0.3, -0.25) is 0 Å². The highest BCUT2D eigenvalue weighted by Gasteiger charge is 2.03. The van der Waals surface area contributed by atoms with Crippen molar-refractivity contribution in [1.29, 1.82) is 0 Å². The van der Waals surface area contributed by atoms with Gasteiger partial charge in [-0.25, -0.2) is 0 Å². The number of hydrogen-bond acceptors (Lipinski definition) is 2. The average molecular weight is 278 g/mol. The van der Waals surface area contributed by atoms with Crippen molar-refractivity contribution in [2.24, 2.45) is 5.73 Å². The van der Waals surface area contributed by atoms with Gasteiger partial charge in [0, 0.05) is 17.2 Å². The maximum absolute atomic E-state index is 6.23. The molecule has 0 radical (unpaired) electrons. The number of nitrogens with two attached hydrogens (primary N) is 1. The Kier molecular flexibility index (Phi) is 4.70. The molecular formula is C15H16ClNS. The summed E-state index contributed by atoms with van der Waals surface area (Å²) in [5.41, 5.74) is 9.26. The zero-order chi connectivity index (χ0) is 13.0. The third-order valence-electron chi connectivity index (χ3n) is 2.71. The summed E-state index contributed by atoms with van der Waals surface area (Å²) in [5, 5.41) is 0.788. The van der Waals surface area contributed by atoms with E-state index in [0.29, 0.717) is 6.54 Å². The quantitative estimate of drug-likeness (QED) is 0.839. The lowest BCUT2D eigenvalue weighted by Crippen LogP contribution is -1.95. The largest absolute Gasteiger partial charge is 0.326 e. The lowest BCUT2D eigenvalue weighted by molar-refractivity contribution is 1.07. The van der Waals surface area contributed by atoms with Gasteiger partial charge in [0.1, 0.15) is 0 Å². The van der Waals surface area contributed by atoms with Crippen LogP contribution in [0.5, 0.6) is 0 Å². The minimum Gasteiger partial charge on any atom is -0.326 e. The van der Waals surface area contributed by atoms with Crippen LogP contribution in [0.15, 0.2) is 47.4 Å². The molecule has 0 fully saturated rings. The number of hydrogen-bond donors (Lipinski definition) is 1. The molecule has 0 amide bonds. The molecule has 2 rings (SSSR count). The standard InChI is InChI=1S/C15H16ClNS/c1-11-3-2-4-13(7-11)10-18-15-6-5-12(9-17)8-14(15)16/h2-8H,9-10,17H2,1H3. The van der Waals surface area contributed by atoms with Crippen molar-refractivity contribution >= 4 is 23.4 Å². The monoisotopic (exact) mass is 277 g/mol. The van der Waals surface area contributed by atoms with Crippen molar-refractivity contribution in [3.8, 4) is 0 Å². The van der Waals surface area contributed by atoms with E-state index < -0.39 is 0 Å². The minimum absolute atomic E-state index is 0.530. The minimum atomic E-state index is 0.530. The second kappa shape index (κ2) is 6.28. The maximum Gasteiger partial charge on any atom is 0.0545 e. The fourth-order valence-electron chi connectivity index (χ4n) is 1.75. The zero-order valence-electron chi connectivity index (χ0n) is 10.3. The Morgan fingerprint density at radius 1 is 1.11 bits per heavy atom. The van der Waals surface area contributed by atoms with Crippen LogP contribution in [-0.2, 0) is 12.3 Å². The molecule has 0 aliphatic rings. The Morgan fingerprint density at radius 2 is 1.94 bits per heavy atom. The lowest BCUT2D eigenvalue weighted by atomic mass is 10.2. The van der Waals surface area contributed by atoms with E-state index in [0.717, 1.165) is 21.2 Å². The third-order valence-corrected chi connectivity index (χ3v) is 4.28. The van der Waals surface area contributed by atoms with Crippen LogP contribution in [0.2, 0.25) is 5.02 Å². The van der Waals surface area contributed by atoms with E-state index in [-0.39, 0.29) is 0 Å². The molecule has 2 aromatic carbocycles. The Hall–Kier alpha value is -0.960. The second-order valence-electron chi connectivity index (χ2n) is 4.25. The van der Waals surface area contributed by atoms with Gasteiger partial charge in [-0.05, 0) is 30.2 Å². The van der Waals surface area contributed by atoms with Crippen molar-refractivity contribution < 1.29 is 0 Å². The molecule has 0 saturated carbocycles. The topological polar surface area (TPSA) is 26.0 Å². The second-order valence-corrected chi connectivity index (χ2v) is 5.67. The van der Waals surface area contributed by atoms with Crippen LogP contribution in [-0.4, -0.2) is 0 Å². The number of aryl methyl sites for hydroxylation is 1. The van der Waals surface area contributed by atoms with Gasteiger partial charge in [-0.1, -0.05) is 47.5 Å². The Morgan fingerprint density at radius 3 is 2.61 bits per heavy atom. The van der Waals surface area contributed by atoms with Gasteiger partial charge in [0.05, 0.1) is 5.02 Å².